The Bertz CT molecular complexity index is 631. The van der Waals surface area contributed by atoms with Gasteiger partial charge in [-0.25, -0.2) is 0 Å². The zero-order valence-electron chi connectivity index (χ0n) is 10.3. The molecule has 0 aliphatic carbocycles. The van der Waals surface area contributed by atoms with E-state index in [2.05, 4.69) is 0 Å². The van der Waals surface area contributed by atoms with Crippen LogP contribution in [0.25, 0.3) is 12.2 Å². The fourth-order valence-corrected chi connectivity index (χ4v) is 2.17. The number of carbonyl (C=O) groups excluding carboxylic acids is 2. The molecule has 100 valence electrons. The molecule has 0 aliphatic heterocycles. The van der Waals surface area contributed by atoms with Gasteiger partial charge in [-0.1, -0.05) is 48.6 Å². The van der Waals surface area contributed by atoms with E-state index in [0.717, 1.165) is 0 Å². The van der Waals surface area contributed by atoms with Gasteiger partial charge in [-0.15, -0.1) is 0 Å². The van der Waals surface area contributed by atoms with E-state index in [-0.39, 0.29) is 0 Å². The second kappa shape index (κ2) is 6.51. The van der Waals surface area contributed by atoms with Crippen LogP contribution in [0.2, 0.25) is 0 Å². The summed E-state index contributed by atoms with van der Waals surface area (Å²) < 4.78 is 0. The molecule has 2 nitrogen and oxygen atoms in total. The minimum Gasteiger partial charge on any atom is -0.276 e. The van der Waals surface area contributed by atoms with Crippen LogP contribution in [0, 0.1) is 0 Å². The van der Waals surface area contributed by atoms with Crippen molar-refractivity contribution in [1.82, 2.24) is 0 Å². The van der Waals surface area contributed by atoms with Crippen LogP contribution in [-0.4, -0.2) is 10.5 Å². The lowest BCUT2D eigenvalue weighted by Gasteiger charge is -2.02. The van der Waals surface area contributed by atoms with Crippen molar-refractivity contribution in [2.75, 3.05) is 0 Å². The highest BCUT2D eigenvalue weighted by Gasteiger charge is 2.07. The predicted octanol–water partition coefficient (Wildman–Crippen LogP) is 4.62. The molecule has 20 heavy (non-hydrogen) atoms. The lowest BCUT2D eigenvalue weighted by molar-refractivity contribution is 0.107. The highest BCUT2D eigenvalue weighted by atomic mass is 35.5. The summed E-state index contributed by atoms with van der Waals surface area (Å²) in [6.45, 7) is 0. The van der Waals surface area contributed by atoms with Crippen molar-refractivity contribution in [3.8, 4) is 0 Å². The summed E-state index contributed by atoms with van der Waals surface area (Å²) >= 11 is 11.0. The average molecular weight is 305 g/mol. The van der Waals surface area contributed by atoms with Gasteiger partial charge in [-0.2, -0.15) is 0 Å². The summed E-state index contributed by atoms with van der Waals surface area (Å²) in [7, 11) is 0. The van der Waals surface area contributed by atoms with Gasteiger partial charge in [0, 0.05) is 11.1 Å². The zero-order chi connectivity index (χ0) is 14.5. The van der Waals surface area contributed by atoms with Crippen molar-refractivity contribution < 1.29 is 9.59 Å². The molecule has 0 heterocycles. The molecular weight excluding hydrogens is 295 g/mol. The maximum absolute atomic E-state index is 11.3. The molecule has 0 saturated carbocycles. The van der Waals surface area contributed by atoms with E-state index in [0.29, 0.717) is 22.3 Å². The quantitative estimate of drug-likeness (QED) is 0.610. The number of hydrogen-bond acceptors (Lipinski definition) is 2. The molecule has 2 rings (SSSR count). The van der Waals surface area contributed by atoms with Crippen molar-refractivity contribution in [3.63, 3.8) is 0 Å². The summed E-state index contributed by atoms with van der Waals surface area (Å²) in [5, 5.41) is -1.04. The summed E-state index contributed by atoms with van der Waals surface area (Å²) in [5.41, 5.74) is 2.20. The maximum atomic E-state index is 11.3. The molecular formula is C16H10Cl2O2. The van der Waals surface area contributed by atoms with Crippen LogP contribution < -0.4 is 0 Å². The SMILES string of the molecule is O=C(Cl)c1ccccc1/C=C/c1ccccc1C(=O)Cl. The van der Waals surface area contributed by atoms with Gasteiger partial charge in [0.2, 0.25) is 0 Å². The molecule has 0 fully saturated rings. The lowest BCUT2D eigenvalue weighted by atomic mass is 10.0. The Kier molecular flexibility index (Phi) is 4.72. The van der Waals surface area contributed by atoms with E-state index in [9.17, 15) is 9.59 Å². The normalized spacial score (nSPS) is 10.7. The molecule has 0 unspecified atom stereocenters. The fraction of sp³-hybridized carbons (Fsp3) is 0. The first-order valence-electron chi connectivity index (χ1n) is 5.85. The van der Waals surface area contributed by atoms with Crippen molar-refractivity contribution >= 4 is 45.8 Å². The molecule has 0 aromatic heterocycles. The molecule has 0 saturated heterocycles. The van der Waals surface area contributed by atoms with Gasteiger partial charge in [-0.05, 0) is 46.5 Å². The van der Waals surface area contributed by atoms with E-state index in [1.54, 1.807) is 48.6 Å². The van der Waals surface area contributed by atoms with Crippen LogP contribution in [0.5, 0.6) is 0 Å². The summed E-state index contributed by atoms with van der Waals surface area (Å²) in [6, 6.07) is 13.9. The first kappa shape index (κ1) is 14.5. The van der Waals surface area contributed by atoms with Crippen LogP contribution >= 0.6 is 23.2 Å². The van der Waals surface area contributed by atoms with Crippen molar-refractivity contribution in [2.24, 2.45) is 0 Å². The number of benzene rings is 2. The molecule has 4 heteroatoms. The third-order valence-electron chi connectivity index (χ3n) is 2.79. The number of halogens is 2. The van der Waals surface area contributed by atoms with Gasteiger partial charge in [0.15, 0.2) is 0 Å². The van der Waals surface area contributed by atoms with Gasteiger partial charge in [0.25, 0.3) is 10.5 Å². The van der Waals surface area contributed by atoms with E-state index in [1.807, 2.05) is 12.1 Å². The van der Waals surface area contributed by atoms with Crippen LogP contribution in [0.4, 0.5) is 0 Å². The smallest absolute Gasteiger partial charge is 0.252 e. The van der Waals surface area contributed by atoms with Crippen molar-refractivity contribution in [1.29, 1.82) is 0 Å². The first-order valence-corrected chi connectivity index (χ1v) is 6.61. The Labute approximate surface area is 126 Å². The third-order valence-corrected chi connectivity index (χ3v) is 3.19. The lowest BCUT2D eigenvalue weighted by Crippen LogP contribution is -1.93. The average Bonchev–Trinajstić information content (AvgIpc) is 2.45. The van der Waals surface area contributed by atoms with Crippen LogP contribution in [0.3, 0.4) is 0 Å². The largest absolute Gasteiger partial charge is 0.276 e. The molecule has 0 spiro atoms. The van der Waals surface area contributed by atoms with Crippen molar-refractivity contribution in [3.05, 3.63) is 70.8 Å². The highest BCUT2D eigenvalue weighted by molar-refractivity contribution is 6.68. The highest BCUT2D eigenvalue weighted by Crippen LogP contribution is 2.18. The minimum atomic E-state index is -0.521. The molecule has 0 N–H and O–H groups in total. The summed E-state index contributed by atoms with van der Waals surface area (Å²) in [6.07, 6.45) is 3.46. The van der Waals surface area contributed by atoms with Crippen LogP contribution in [-0.2, 0) is 0 Å². The summed E-state index contributed by atoms with van der Waals surface area (Å²) in [5.74, 6) is 0. The van der Waals surface area contributed by atoms with Gasteiger partial charge < -0.3 is 0 Å². The topological polar surface area (TPSA) is 34.1 Å². The molecule has 2 aromatic carbocycles. The van der Waals surface area contributed by atoms with Gasteiger partial charge in [-0.3, -0.25) is 9.59 Å². The maximum Gasteiger partial charge on any atom is 0.252 e. The second-order valence-electron chi connectivity index (χ2n) is 4.06. The Morgan fingerprint density at radius 3 is 1.40 bits per heavy atom. The second-order valence-corrected chi connectivity index (χ2v) is 4.74. The molecule has 2 aromatic rings. The zero-order valence-corrected chi connectivity index (χ0v) is 11.9. The third kappa shape index (κ3) is 3.35. The van der Waals surface area contributed by atoms with Crippen LogP contribution in [0.15, 0.2) is 48.5 Å². The van der Waals surface area contributed by atoms with E-state index < -0.39 is 10.5 Å². The Morgan fingerprint density at radius 1 is 0.700 bits per heavy atom. The first-order chi connectivity index (χ1) is 9.59. The molecule has 0 bridgehead atoms. The fourth-order valence-electron chi connectivity index (χ4n) is 1.82. The number of carbonyl (C=O) groups is 2. The standard InChI is InChI=1S/C16H10Cl2O2/c17-15(19)13-7-3-1-5-11(13)9-10-12-6-2-4-8-14(12)16(18)20/h1-10H/b10-9+. The van der Waals surface area contributed by atoms with E-state index in [1.165, 1.54) is 0 Å². The Balaban J connectivity index is 2.40. The molecule has 0 aliphatic rings. The Morgan fingerprint density at radius 2 is 1.05 bits per heavy atom. The van der Waals surface area contributed by atoms with Gasteiger partial charge >= 0.3 is 0 Å². The van der Waals surface area contributed by atoms with Crippen molar-refractivity contribution in [2.45, 2.75) is 0 Å². The predicted molar refractivity (Wildman–Crippen MR) is 82.2 cm³/mol. The number of rotatable bonds is 4. The van der Waals surface area contributed by atoms with Crippen LogP contribution in [0.1, 0.15) is 31.8 Å². The molecule has 0 radical (unpaired) electrons. The van der Waals surface area contributed by atoms with Gasteiger partial charge in [0.1, 0.15) is 0 Å². The molecule has 0 amide bonds. The summed E-state index contributed by atoms with van der Waals surface area (Å²) in [4.78, 5) is 22.6. The Hall–Kier alpha value is -1.90. The van der Waals surface area contributed by atoms with E-state index in [4.69, 9.17) is 23.2 Å². The van der Waals surface area contributed by atoms with Gasteiger partial charge in [0.05, 0.1) is 0 Å². The molecule has 0 atom stereocenters. The number of hydrogen-bond donors (Lipinski definition) is 0. The van der Waals surface area contributed by atoms with E-state index >= 15 is 0 Å². The monoisotopic (exact) mass is 304 g/mol. The minimum absolute atomic E-state index is 0.417.